The zero-order chi connectivity index (χ0) is 15.9. The van der Waals surface area contributed by atoms with Crippen molar-refractivity contribution < 1.29 is 39.9 Å². The van der Waals surface area contributed by atoms with Crippen LogP contribution in [0.2, 0.25) is 0 Å². The lowest BCUT2D eigenvalue weighted by Gasteiger charge is -2.40. The van der Waals surface area contributed by atoms with Gasteiger partial charge in [-0.25, -0.2) is 8.78 Å². The molecule has 1 nitrogen and oxygen atoms in total. The predicted molar refractivity (Wildman–Crippen MR) is 51.1 cm³/mol. The van der Waals surface area contributed by atoms with E-state index in [9.17, 15) is 35.1 Å². The highest BCUT2D eigenvalue weighted by atomic mass is 19.4. The van der Waals surface area contributed by atoms with Crippen LogP contribution in [0.4, 0.5) is 35.1 Å². The monoisotopic (exact) mass is 302 g/mol. The Kier molecular flexibility index (Phi) is 4.90. The molecule has 9 heteroatoms. The van der Waals surface area contributed by atoms with Crippen molar-refractivity contribution >= 4 is 0 Å². The standard InChI is InChI=1S/C10H14F8O/c1-7(2,5(11)9(13,14)15)19-8(3,4)6(12)10(16,17)18/h5-6H,1-4H3. The molecule has 0 saturated carbocycles. The summed E-state index contributed by atoms with van der Waals surface area (Å²) in [7, 11) is 0. The molecule has 0 saturated heterocycles. The van der Waals surface area contributed by atoms with Crippen molar-refractivity contribution in [1.29, 1.82) is 0 Å². The molecular weight excluding hydrogens is 288 g/mol. The summed E-state index contributed by atoms with van der Waals surface area (Å²) < 4.78 is 104. The number of rotatable bonds is 4. The molecule has 0 aromatic carbocycles. The maximum atomic E-state index is 13.1. The second-order valence-electron chi connectivity index (χ2n) is 5.12. The summed E-state index contributed by atoms with van der Waals surface area (Å²) in [6.07, 6.45) is -17.7. The van der Waals surface area contributed by atoms with E-state index in [0.717, 1.165) is 0 Å². The summed E-state index contributed by atoms with van der Waals surface area (Å²) in [6.45, 7) is 2.43. The normalized spacial score (nSPS) is 18.3. The lowest BCUT2D eigenvalue weighted by atomic mass is 9.97. The van der Waals surface area contributed by atoms with Gasteiger partial charge in [0.25, 0.3) is 0 Å². The van der Waals surface area contributed by atoms with Crippen molar-refractivity contribution in [3.63, 3.8) is 0 Å². The van der Waals surface area contributed by atoms with Crippen LogP contribution < -0.4 is 0 Å². The Morgan fingerprint density at radius 2 is 0.842 bits per heavy atom. The quantitative estimate of drug-likeness (QED) is 0.701. The van der Waals surface area contributed by atoms with Gasteiger partial charge in [-0.1, -0.05) is 0 Å². The first kappa shape index (κ1) is 18.4. The van der Waals surface area contributed by atoms with Crippen molar-refractivity contribution in [2.45, 2.75) is 63.6 Å². The zero-order valence-corrected chi connectivity index (χ0v) is 10.6. The molecule has 0 aromatic rings. The van der Waals surface area contributed by atoms with Crippen molar-refractivity contribution in [3.05, 3.63) is 0 Å². The summed E-state index contributed by atoms with van der Waals surface area (Å²) in [6, 6.07) is 0. The topological polar surface area (TPSA) is 9.23 Å². The van der Waals surface area contributed by atoms with Gasteiger partial charge in [0, 0.05) is 0 Å². The van der Waals surface area contributed by atoms with Gasteiger partial charge < -0.3 is 4.74 Å². The van der Waals surface area contributed by atoms with E-state index in [1.165, 1.54) is 0 Å². The maximum Gasteiger partial charge on any atom is 0.422 e. The first-order chi connectivity index (χ1) is 8.02. The van der Waals surface area contributed by atoms with E-state index >= 15 is 0 Å². The Morgan fingerprint density at radius 1 is 0.632 bits per heavy atom. The zero-order valence-electron chi connectivity index (χ0n) is 10.6. The molecular formula is C10H14F8O. The molecule has 116 valence electrons. The van der Waals surface area contributed by atoms with Crippen molar-refractivity contribution in [2.75, 3.05) is 0 Å². The Morgan fingerprint density at radius 3 is 1.00 bits per heavy atom. The molecule has 2 atom stereocenters. The minimum atomic E-state index is -5.32. The number of halogens is 8. The summed E-state index contributed by atoms with van der Waals surface area (Å²) in [5.74, 6) is 0. The van der Waals surface area contributed by atoms with E-state index in [-0.39, 0.29) is 0 Å². The summed E-state index contributed by atoms with van der Waals surface area (Å²) in [5.41, 5.74) is -5.31. The molecule has 0 spiro atoms. The Balaban J connectivity index is 5.11. The second kappa shape index (κ2) is 5.06. The van der Waals surface area contributed by atoms with Gasteiger partial charge in [0.2, 0.25) is 12.3 Å². The van der Waals surface area contributed by atoms with Crippen LogP contribution in [0.5, 0.6) is 0 Å². The smallest absolute Gasteiger partial charge is 0.363 e. The van der Waals surface area contributed by atoms with E-state index in [0.29, 0.717) is 27.7 Å². The molecule has 0 bridgehead atoms. The lowest BCUT2D eigenvalue weighted by molar-refractivity contribution is -0.289. The first-order valence-electron chi connectivity index (χ1n) is 5.13. The lowest BCUT2D eigenvalue weighted by Crippen LogP contribution is -2.55. The van der Waals surface area contributed by atoms with Gasteiger partial charge in [-0.15, -0.1) is 0 Å². The molecule has 0 N–H and O–H groups in total. The van der Waals surface area contributed by atoms with Crippen LogP contribution in [0, 0.1) is 0 Å². The summed E-state index contributed by atoms with van der Waals surface area (Å²) >= 11 is 0. The predicted octanol–water partition coefficient (Wildman–Crippen LogP) is 4.36. The third kappa shape index (κ3) is 4.77. The maximum absolute atomic E-state index is 13.1. The first-order valence-corrected chi connectivity index (χ1v) is 5.13. The average molecular weight is 302 g/mol. The van der Waals surface area contributed by atoms with Crippen LogP contribution >= 0.6 is 0 Å². The third-order valence-corrected chi connectivity index (χ3v) is 2.32. The van der Waals surface area contributed by atoms with Gasteiger partial charge >= 0.3 is 12.4 Å². The summed E-state index contributed by atoms with van der Waals surface area (Å²) in [5, 5.41) is 0. The van der Waals surface area contributed by atoms with E-state index in [1.54, 1.807) is 0 Å². The van der Waals surface area contributed by atoms with E-state index < -0.39 is 35.9 Å². The molecule has 0 rings (SSSR count). The molecule has 0 aliphatic heterocycles. The summed E-state index contributed by atoms with van der Waals surface area (Å²) in [4.78, 5) is 0. The fourth-order valence-corrected chi connectivity index (χ4v) is 1.57. The Hall–Kier alpha value is -0.600. The molecule has 0 fully saturated rings. The van der Waals surface area contributed by atoms with Gasteiger partial charge in [0.1, 0.15) is 11.2 Å². The number of hydrogen-bond acceptors (Lipinski definition) is 1. The molecule has 0 aliphatic rings. The molecule has 0 heterocycles. The van der Waals surface area contributed by atoms with Gasteiger partial charge in [-0.05, 0) is 27.7 Å². The number of hydrogen-bond donors (Lipinski definition) is 0. The highest BCUT2D eigenvalue weighted by molar-refractivity contribution is 4.92. The Bertz CT molecular complexity index is 274. The van der Waals surface area contributed by atoms with E-state index in [4.69, 9.17) is 0 Å². The molecule has 0 aromatic heterocycles. The fourth-order valence-electron chi connectivity index (χ4n) is 1.57. The van der Waals surface area contributed by atoms with Crippen LogP contribution in [-0.4, -0.2) is 35.9 Å². The Labute approximate surface area is 104 Å². The second-order valence-corrected chi connectivity index (χ2v) is 5.12. The molecule has 0 radical (unpaired) electrons. The van der Waals surface area contributed by atoms with Gasteiger partial charge in [-0.3, -0.25) is 0 Å². The van der Waals surface area contributed by atoms with Gasteiger partial charge in [0.15, 0.2) is 0 Å². The van der Waals surface area contributed by atoms with E-state index in [2.05, 4.69) is 4.74 Å². The van der Waals surface area contributed by atoms with Crippen molar-refractivity contribution in [2.24, 2.45) is 0 Å². The van der Waals surface area contributed by atoms with Crippen molar-refractivity contribution in [3.8, 4) is 0 Å². The minimum Gasteiger partial charge on any atom is -0.363 e. The van der Waals surface area contributed by atoms with Crippen LogP contribution in [0.1, 0.15) is 27.7 Å². The minimum absolute atomic E-state index is 0.607. The van der Waals surface area contributed by atoms with Crippen LogP contribution in [-0.2, 0) is 4.74 Å². The van der Waals surface area contributed by atoms with E-state index in [1.807, 2.05) is 0 Å². The highest BCUT2D eigenvalue weighted by Gasteiger charge is 2.57. The third-order valence-electron chi connectivity index (χ3n) is 2.32. The average Bonchev–Trinajstić information content (AvgIpc) is 2.10. The van der Waals surface area contributed by atoms with Gasteiger partial charge in [-0.2, -0.15) is 26.3 Å². The number of alkyl halides is 8. The SMILES string of the molecule is CC(C)(OC(C)(C)C(F)C(F)(F)F)C(F)C(F)(F)F. The van der Waals surface area contributed by atoms with Crippen LogP contribution in [0.25, 0.3) is 0 Å². The van der Waals surface area contributed by atoms with Crippen LogP contribution in [0.15, 0.2) is 0 Å². The molecule has 19 heavy (non-hydrogen) atoms. The fraction of sp³-hybridized carbons (Fsp3) is 1.00. The van der Waals surface area contributed by atoms with Crippen molar-refractivity contribution in [1.82, 2.24) is 0 Å². The molecule has 0 amide bonds. The van der Waals surface area contributed by atoms with Crippen LogP contribution in [0.3, 0.4) is 0 Å². The number of ether oxygens (including phenoxy) is 1. The molecule has 2 unspecified atom stereocenters. The van der Waals surface area contributed by atoms with Gasteiger partial charge in [0.05, 0.1) is 0 Å². The molecule has 0 aliphatic carbocycles. The highest BCUT2D eigenvalue weighted by Crippen LogP contribution is 2.40. The largest absolute Gasteiger partial charge is 0.422 e.